The number of methoxy groups -OCH3 is 1. The summed E-state index contributed by atoms with van der Waals surface area (Å²) in [4.78, 5) is 34.3. The van der Waals surface area contributed by atoms with E-state index >= 15 is 0 Å². The normalized spacial score (nSPS) is 14.5. The van der Waals surface area contributed by atoms with Crippen LogP contribution in [0.2, 0.25) is 0 Å². The predicted molar refractivity (Wildman–Crippen MR) is 122 cm³/mol. The minimum absolute atomic E-state index is 0.0662. The number of carbonyl (C=O) groups is 1. The Morgan fingerprint density at radius 3 is 2.65 bits per heavy atom. The number of anilines is 1. The zero-order chi connectivity index (χ0) is 22.1. The monoisotopic (exact) mass is 441 g/mol. The van der Waals surface area contributed by atoms with Crippen molar-refractivity contribution in [3.05, 3.63) is 45.3 Å². The number of piperazine rings is 1. The molecule has 3 aromatic rings. The minimum Gasteiger partial charge on any atom is -0.497 e. The molecule has 1 aromatic carbocycles. The van der Waals surface area contributed by atoms with Crippen LogP contribution >= 0.6 is 11.3 Å². The number of fused-ring (bicyclic) bond motifs is 1. The Hall–Kier alpha value is -2.94. The number of rotatable bonds is 5. The second-order valence-electron chi connectivity index (χ2n) is 8.00. The van der Waals surface area contributed by atoms with Crippen LogP contribution in [-0.2, 0) is 11.3 Å². The molecule has 0 bridgehead atoms. The van der Waals surface area contributed by atoms with Gasteiger partial charge in [-0.05, 0) is 19.1 Å². The molecule has 0 unspecified atom stereocenters. The molecule has 4 rings (SSSR count). The van der Waals surface area contributed by atoms with Crippen molar-refractivity contribution in [2.75, 3.05) is 38.2 Å². The summed E-state index contributed by atoms with van der Waals surface area (Å²) < 4.78 is 7.37. The zero-order valence-electron chi connectivity index (χ0n) is 18.3. The zero-order valence-corrected chi connectivity index (χ0v) is 19.1. The lowest BCUT2D eigenvalue weighted by Gasteiger charge is -2.36. The number of benzene rings is 1. The molecule has 1 saturated heterocycles. The summed E-state index contributed by atoms with van der Waals surface area (Å²) in [6, 6.07) is 7.92. The van der Waals surface area contributed by atoms with Crippen molar-refractivity contribution in [3.8, 4) is 5.75 Å². The van der Waals surface area contributed by atoms with E-state index in [-0.39, 0.29) is 23.9 Å². The van der Waals surface area contributed by atoms with Crippen LogP contribution in [-0.4, -0.2) is 58.9 Å². The van der Waals surface area contributed by atoms with E-state index in [1.807, 2.05) is 45.0 Å². The van der Waals surface area contributed by atoms with Gasteiger partial charge in [-0.1, -0.05) is 19.9 Å². The molecule has 1 aliphatic rings. The number of carbonyl (C=O) groups excluding carboxylic acids is 1. The Labute approximate surface area is 185 Å². The molecule has 1 fully saturated rings. The van der Waals surface area contributed by atoms with Crippen LogP contribution < -0.4 is 15.2 Å². The molecule has 0 aliphatic carbocycles. The van der Waals surface area contributed by atoms with E-state index in [0.717, 1.165) is 39.9 Å². The van der Waals surface area contributed by atoms with E-state index in [1.165, 1.54) is 16.0 Å². The highest BCUT2D eigenvalue weighted by atomic mass is 32.1. The molecular formula is C22H27N5O3S. The molecule has 3 heterocycles. The van der Waals surface area contributed by atoms with Gasteiger partial charge < -0.3 is 14.5 Å². The van der Waals surface area contributed by atoms with Crippen molar-refractivity contribution < 1.29 is 9.53 Å². The molecule has 31 heavy (non-hydrogen) atoms. The van der Waals surface area contributed by atoms with E-state index in [1.54, 1.807) is 12.0 Å². The van der Waals surface area contributed by atoms with Crippen LogP contribution in [0.1, 0.15) is 30.5 Å². The Bertz CT molecular complexity index is 1160. The summed E-state index contributed by atoms with van der Waals surface area (Å²) in [7, 11) is 1.65. The number of amides is 1. The lowest BCUT2D eigenvalue weighted by atomic mass is 10.2. The molecule has 8 nitrogen and oxygen atoms in total. The fourth-order valence-corrected chi connectivity index (χ4v) is 4.72. The molecule has 0 saturated carbocycles. The number of aromatic nitrogens is 3. The van der Waals surface area contributed by atoms with E-state index in [0.29, 0.717) is 18.6 Å². The SMILES string of the molecule is COc1cccc(N2CCN(C(=O)Cn3nc(C)c4sc(C(C)C)nc4c3=O)CC2)c1. The van der Waals surface area contributed by atoms with Crippen molar-refractivity contribution in [1.29, 1.82) is 0 Å². The average molecular weight is 442 g/mol. The molecule has 164 valence electrons. The summed E-state index contributed by atoms with van der Waals surface area (Å²) in [5, 5.41) is 5.30. The van der Waals surface area contributed by atoms with E-state index in [4.69, 9.17) is 4.74 Å². The van der Waals surface area contributed by atoms with Gasteiger partial charge in [-0.3, -0.25) is 9.59 Å². The fourth-order valence-electron chi connectivity index (χ4n) is 3.72. The van der Waals surface area contributed by atoms with Crippen molar-refractivity contribution in [2.24, 2.45) is 0 Å². The molecule has 1 amide bonds. The van der Waals surface area contributed by atoms with Gasteiger partial charge in [0.25, 0.3) is 5.56 Å². The van der Waals surface area contributed by atoms with Crippen LogP contribution in [0.3, 0.4) is 0 Å². The first-order chi connectivity index (χ1) is 14.9. The van der Waals surface area contributed by atoms with Gasteiger partial charge in [0.1, 0.15) is 12.3 Å². The third-order valence-corrected chi connectivity index (χ3v) is 6.97. The maximum Gasteiger partial charge on any atom is 0.294 e. The van der Waals surface area contributed by atoms with Gasteiger partial charge in [-0.25, -0.2) is 9.67 Å². The second kappa shape index (κ2) is 8.66. The van der Waals surface area contributed by atoms with Crippen molar-refractivity contribution in [1.82, 2.24) is 19.7 Å². The maximum atomic E-state index is 12.9. The number of nitrogens with zero attached hydrogens (tertiary/aromatic N) is 5. The number of thiazole rings is 1. The Balaban J connectivity index is 1.46. The van der Waals surface area contributed by atoms with E-state index < -0.39 is 0 Å². The maximum absolute atomic E-state index is 12.9. The summed E-state index contributed by atoms with van der Waals surface area (Å²) in [6.07, 6.45) is 0. The number of hydrogen-bond donors (Lipinski definition) is 0. The molecule has 0 spiro atoms. The third kappa shape index (κ3) is 4.27. The van der Waals surface area contributed by atoms with Gasteiger partial charge >= 0.3 is 0 Å². The lowest BCUT2D eigenvalue weighted by molar-refractivity contribution is -0.132. The van der Waals surface area contributed by atoms with Crippen molar-refractivity contribution in [2.45, 2.75) is 33.2 Å². The van der Waals surface area contributed by atoms with Gasteiger partial charge in [-0.2, -0.15) is 5.10 Å². The molecular weight excluding hydrogens is 414 g/mol. The van der Waals surface area contributed by atoms with Crippen molar-refractivity contribution >= 4 is 33.1 Å². The van der Waals surface area contributed by atoms with Gasteiger partial charge in [-0.15, -0.1) is 11.3 Å². The molecule has 0 atom stereocenters. The molecule has 0 radical (unpaired) electrons. The standard InChI is InChI=1S/C22H27N5O3S/c1-14(2)21-23-19-20(31-21)15(3)24-27(22(19)29)13-18(28)26-10-8-25(9-11-26)16-6-5-7-17(12-16)30-4/h5-7,12,14H,8-11,13H2,1-4H3. The van der Waals surface area contributed by atoms with E-state index in [9.17, 15) is 9.59 Å². The molecule has 1 aliphatic heterocycles. The van der Waals surface area contributed by atoms with Crippen LogP contribution in [0.4, 0.5) is 5.69 Å². The van der Waals surface area contributed by atoms with Crippen LogP contribution in [0.5, 0.6) is 5.75 Å². The highest BCUT2D eigenvalue weighted by Crippen LogP contribution is 2.27. The first-order valence-corrected chi connectivity index (χ1v) is 11.2. The lowest BCUT2D eigenvalue weighted by Crippen LogP contribution is -2.50. The highest BCUT2D eigenvalue weighted by Gasteiger charge is 2.23. The Kier molecular flexibility index (Phi) is 5.95. The summed E-state index contributed by atoms with van der Waals surface area (Å²) >= 11 is 1.51. The number of aryl methyl sites for hydroxylation is 1. The first kappa shape index (κ1) is 21.3. The van der Waals surface area contributed by atoms with E-state index in [2.05, 4.69) is 15.0 Å². The Morgan fingerprint density at radius 1 is 1.23 bits per heavy atom. The molecule has 2 aromatic heterocycles. The van der Waals surface area contributed by atoms with Crippen LogP contribution in [0.25, 0.3) is 10.2 Å². The number of ether oxygens (including phenoxy) is 1. The summed E-state index contributed by atoms with van der Waals surface area (Å²) in [5.41, 5.74) is 1.92. The third-order valence-electron chi connectivity index (χ3n) is 5.51. The minimum atomic E-state index is -0.299. The van der Waals surface area contributed by atoms with Gasteiger partial charge in [0.15, 0.2) is 5.52 Å². The predicted octanol–water partition coefficient (Wildman–Crippen LogP) is 2.64. The summed E-state index contributed by atoms with van der Waals surface area (Å²) in [5.74, 6) is 0.958. The quantitative estimate of drug-likeness (QED) is 0.606. The van der Waals surface area contributed by atoms with Crippen LogP contribution in [0.15, 0.2) is 29.1 Å². The first-order valence-electron chi connectivity index (χ1n) is 10.4. The van der Waals surface area contributed by atoms with Crippen LogP contribution in [0, 0.1) is 6.92 Å². The smallest absolute Gasteiger partial charge is 0.294 e. The number of hydrogen-bond acceptors (Lipinski definition) is 7. The molecule has 9 heteroatoms. The fraction of sp³-hybridized carbons (Fsp3) is 0.455. The highest BCUT2D eigenvalue weighted by molar-refractivity contribution is 7.18. The Morgan fingerprint density at radius 2 is 1.97 bits per heavy atom. The van der Waals surface area contributed by atoms with Gasteiger partial charge in [0.2, 0.25) is 5.91 Å². The average Bonchev–Trinajstić information content (AvgIpc) is 3.24. The van der Waals surface area contributed by atoms with Gasteiger partial charge in [0.05, 0.1) is 22.5 Å². The second-order valence-corrected chi connectivity index (χ2v) is 9.03. The van der Waals surface area contributed by atoms with Gasteiger partial charge in [0, 0.05) is 43.9 Å². The summed E-state index contributed by atoms with van der Waals surface area (Å²) in [6.45, 7) is 8.54. The topological polar surface area (TPSA) is 80.6 Å². The largest absolute Gasteiger partial charge is 0.497 e. The molecule has 0 N–H and O–H groups in total. The van der Waals surface area contributed by atoms with Crippen molar-refractivity contribution in [3.63, 3.8) is 0 Å².